The Morgan fingerprint density at radius 1 is 0.628 bits per heavy atom. The van der Waals surface area contributed by atoms with E-state index in [1.807, 2.05) is 106 Å². The van der Waals surface area contributed by atoms with Gasteiger partial charge in [0.15, 0.2) is 14.3 Å². The second kappa shape index (κ2) is 39.3. The average molecular weight is 1860 g/mol. The Kier molecular flexibility index (Phi) is 33.4. The zero-order valence-electron chi connectivity index (χ0n) is 68.6. The predicted octanol–water partition coefficient (Wildman–Crippen LogP) is 21.8. The highest BCUT2D eigenvalue weighted by molar-refractivity contribution is 14.1. The Bertz CT molecular complexity index is 4370. The van der Waals surface area contributed by atoms with Crippen molar-refractivity contribution in [3.05, 3.63) is 134 Å². The number of hydrogen-bond donors (Lipinski definition) is 2. The predicted molar refractivity (Wildman–Crippen MR) is 453 cm³/mol. The van der Waals surface area contributed by atoms with E-state index >= 15 is 0 Å². The lowest BCUT2D eigenvalue weighted by atomic mass is 9.48. The SMILES string of the molecule is CCC(C)(C)C(=O)OC1(C)CCCCC1.CCC(C)(C)C(=O)OC12CC3CC(C1)CC(C(=O)OC(CS(=O)(=O)[O-])C(F)(F)F)(C3)C2.CCC(C)(C)C(=O)OC1CC(C)(C)C(C)C(C)(C)C1.CCC(C)c1ccc(O)cc1.O=C(OCCS(=O)(=O)[O-])c1cc(I)cc(I)c1O.c1ccc(-[s+]2c3ccccc3c3ccccc32)cc1. The molecule has 26 heteroatoms. The summed E-state index contributed by atoms with van der Waals surface area (Å²) in [5, 5.41) is 21.5. The van der Waals surface area contributed by atoms with Crippen LogP contribution in [0.1, 0.15) is 249 Å². The number of carbonyl (C=O) groups is 5. The topological polar surface area (TPSA) is 286 Å². The van der Waals surface area contributed by atoms with E-state index < -0.39 is 85.0 Å². The first-order valence-electron chi connectivity index (χ1n) is 39.1. The minimum absolute atomic E-state index is 0.00100. The van der Waals surface area contributed by atoms with E-state index in [9.17, 15) is 68.2 Å². The van der Waals surface area contributed by atoms with Crippen molar-refractivity contribution < 1.29 is 97.0 Å². The van der Waals surface area contributed by atoms with Crippen LogP contribution in [0.15, 0.2) is 115 Å². The van der Waals surface area contributed by atoms with Crippen molar-refractivity contribution >= 4 is 126 Å². The lowest BCUT2D eigenvalue weighted by Gasteiger charge is -2.60. The number of ether oxygens (including phenoxy) is 5. The number of benzene rings is 5. The van der Waals surface area contributed by atoms with Crippen molar-refractivity contribution in [2.24, 2.45) is 50.2 Å². The number of phenolic OH excluding ortho intramolecular Hbond substituents is 2. The molecule has 0 radical (unpaired) electrons. The van der Waals surface area contributed by atoms with E-state index in [2.05, 4.69) is 144 Å². The van der Waals surface area contributed by atoms with Crippen LogP contribution in [0.4, 0.5) is 13.2 Å². The van der Waals surface area contributed by atoms with Gasteiger partial charge in [0.1, 0.15) is 41.0 Å². The van der Waals surface area contributed by atoms with E-state index in [0.717, 1.165) is 54.9 Å². The Hall–Kier alpha value is -5.66. The van der Waals surface area contributed by atoms with Crippen LogP contribution < -0.4 is 0 Å². The summed E-state index contributed by atoms with van der Waals surface area (Å²) in [6, 6.07) is 38.9. The third kappa shape index (κ3) is 26.9. The van der Waals surface area contributed by atoms with Crippen LogP contribution in [0, 0.1) is 57.4 Å². The van der Waals surface area contributed by atoms with Gasteiger partial charge < -0.3 is 43.0 Å². The van der Waals surface area contributed by atoms with Gasteiger partial charge in [-0.3, -0.25) is 19.2 Å². The minimum Gasteiger partial charge on any atom is -0.748 e. The van der Waals surface area contributed by atoms with Crippen LogP contribution in [0.25, 0.3) is 25.1 Å². The molecule has 18 nitrogen and oxygen atoms in total. The molecule has 628 valence electrons. The lowest BCUT2D eigenvalue weighted by Crippen LogP contribution is -2.61. The summed E-state index contributed by atoms with van der Waals surface area (Å²) in [6.45, 7) is 34.7. The van der Waals surface area contributed by atoms with Crippen LogP contribution >= 0.6 is 55.7 Å². The van der Waals surface area contributed by atoms with Gasteiger partial charge in [0, 0.05) is 31.2 Å². The van der Waals surface area contributed by atoms with Gasteiger partial charge in [-0.05, 0) is 291 Å². The van der Waals surface area contributed by atoms with E-state index in [-0.39, 0.29) is 85.3 Å². The molecule has 6 aromatic rings. The summed E-state index contributed by atoms with van der Waals surface area (Å²) in [7, 11) is -9.63. The molecule has 6 saturated carbocycles. The summed E-state index contributed by atoms with van der Waals surface area (Å²) < 4.78 is 134. The maximum absolute atomic E-state index is 13.3. The van der Waals surface area contributed by atoms with Crippen molar-refractivity contribution in [3.8, 4) is 16.4 Å². The van der Waals surface area contributed by atoms with Crippen LogP contribution in [0.5, 0.6) is 11.5 Å². The molecular formula is C87H118F3I2O18S3-. The van der Waals surface area contributed by atoms with Crippen molar-refractivity contribution in [2.75, 3.05) is 18.1 Å². The highest BCUT2D eigenvalue weighted by atomic mass is 127. The molecule has 1 aromatic heterocycles. The van der Waals surface area contributed by atoms with Gasteiger partial charge in [-0.15, -0.1) is 0 Å². The number of esters is 5. The molecule has 5 aromatic carbocycles. The Morgan fingerprint density at radius 2 is 1.11 bits per heavy atom. The van der Waals surface area contributed by atoms with E-state index in [0.29, 0.717) is 53.3 Å². The molecule has 0 spiro atoms. The Balaban J connectivity index is 0.000000217. The number of halogens is 5. The zero-order valence-corrected chi connectivity index (χ0v) is 75.4. The molecule has 1 heterocycles. The summed E-state index contributed by atoms with van der Waals surface area (Å²) in [6.07, 6.45) is 5.39. The molecule has 6 aliphatic rings. The first kappa shape index (κ1) is 96.2. The number of hydrogen-bond acceptors (Lipinski definition) is 18. The second-order valence-corrected chi connectivity index (χ2v) is 42.3. The lowest BCUT2D eigenvalue weighted by molar-refractivity contribution is -0.239. The zero-order chi connectivity index (χ0) is 84.9. The highest BCUT2D eigenvalue weighted by Crippen LogP contribution is 2.64. The summed E-state index contributed by atoms with van der Waals surface area (Å²) in [5.41, 5.74) is -2.16. The number of rotatable bonds is 20. The Morgan fingerprint density at radius 3 is 1.58 bits per heavy atom. The van der Waals surface area contributed by atoms with Gasteiger partial charge in [-0.1, -0.05) is 130 Å². The molecule has 4 atom stereocenters. The Labute approximate surface area is 698 Å². The minimum atomic E-state index is -5.27. The summed E-state index contributed by atoms with van der Waals surface area (Å²) in [4.78, 5) is 62.9. The van der Waals surface area contributed by atoms with Gasteiger partial charge in [-0.2, -0.15) is 13.2 Å². The first-order chi connectivity index (χ1) is 52.2. The fourth-order valence-electron chi connectivity index (χ4n) is 15.5. The third-order valence-electron chi connectivity index (χ3n) is 23.8. The van der Waals surface area contributed by atoms with Gasteiger partial charge >= 0.3 is 36.0 Å². The highest BCUT2D eigenvalue weighted by Gasteiger charge is 2.64. The van der Waals surface area contributed by atoms with Crippen molar-refractivity contribution in [1.29, 1.82) is 0 Å². The molecule has 2 N–H and O–H groups in total. The first-order valence-corrected chi connectivity index (χ1v) is 45.7. The van der Waals surface area contributed by atoms with E-state index in [1.54, 1.807) is 32.0 Å². The monoisotopic (exact) mass is 1860 g/mol. The molecule has 4 unspecified atom stereocenters. The fraction of sp³-hybridized carbons (Fsp3) is 0.598. The van der Waals surface area contributed by atoms with E-state index in [1.165, 1.54) is 56.0 Å². The molecule has 6 aliphatic carbocycles. The average Bonchev–Trinajstić information content (AvgIpc) is 1.39. The van der Waals surface area contributed by atoms with Gasteiger partial charge in [0.05, 0.1) is 57.0 Å². The standard InChI is InChI=1S/C20H29F3O7S.C18H13S.C17H32O2.C13H24O2.C10H14O.C9H8I2O6S/c1-4-17(2,3)15(24)30-19-8-12-5-13(9-19)7-18(6-12,11-19)16(25)29-14(20(21,22)23)10-31(26,27)28;1-2-8-14(9-3-1)19-17-12-6-4-10-15(17)16-11-5-7-13-18(16)19;1-9-15(3,4)14(18)19-13-10-16(5,6)12(2)17(7,8)11-13;1-5-12(2,3)11(14)15-13(4)9-7-6-8-10-13;1-3-8(2)9-4-6-10(11)7-5-9;10-5-3-6(8(12)7(11)4-5)9(13)17-1-2-18(14,15)16/h12-14H,4-11H2,1-3H3,(H,26,27,28);1-13H;12-13H,9-11H2,1-8H3;5-10H2,1-4H3;4-8,11H,3H2,1-2H3;3-4,12H,1-2H2,(H,14,15,16)/q;+1;;;;/p-2. The van der Waals surface area contributed by atoms with Gasteiger partial charge in [0.25, 0.3) is 0 Å². The summed E-state index contributed by atoms with van der Waals surface area (Å²) >= 11 is 3.81. The van der Waals surface area contributed by atoms with Gasteiger partial charge in [-0.25, -0.2) is 21.6 Å². The maximum Gasteiger partial charge on any atom is 0.426 e. The largest absolute Gasteiger partial charge is 0.748 e. The number of alkyl halides is 3. The van der Waals surface area contributed by atoms with E-state index in [4.69, 9.17) is 19.3 Å². The molecule has 0 amide bonds. The second-order valence-electron chi connectivity index (χ2n) is 34.9. The van der Waals surface area contributed by atoms with Crippen LogP contribution in [-0.2, 0) is 63.1 Å². The quantitative estimate of drug-likeness (QED) is 0.0236. The molecule has 0 aliphatic heterocycles. The van der Waals surface area contributed by atoms with Gasteiger partial charge in [0.2, 0.25) is 6.10 Å². The third-order valence-corrected chi connectivity index (χ3v) is 28.9. The molecule has 12 rings (SSSR count). The number of fused-ring (bicyclic) bond motifs is 3. The summed E-state index contributed by atoms with van der Waals surface area (Å²) in [5.74, 6) is -3.83. The molecular weight excluding hydrogens is 1740 g/mol. The smallest absolute Gasteiger partial charge is 0.426 e. The molecule has 6 fully saturated rings. The number of carbonyl (C=O) groups excluding carboxylic acids is 5. The fourth-order valence-corrected chi connectivity index (χ4v) is 20.7. The molecule has 0 saturated heterocycles. The van der Waals surface area contributed by atoms with Crippen molar-refractivity contribution in [3.63, 3.8) is 0 Å². The number of aromatic hydroxyl groups is 2. The van der Waals surface area contributed by atoms with Crippen LogP contribution in [0.2, 0.25) is 0 Å². The van der Waals surface area contributed by atoms with Crippen LogP contribution in [0.3, 0.4) is 0 Å². The van der Waals surface area contributed by atoms with Crippen molar-refractivity contribution in [2.45, 2.75) is 262 Å². The van der Waals surface area contributed by atoms with Crippen LogP contribution in [-0.4, -0.2) is 114 Å². The maximum atomic E-state index is 13.3. The number of phenols is 2. The number of thiophene rings is 1. The molecule has 113 heavy (non-hydrogen) atoms. The molecule has 4 bridgehead atoms. The van der Waals surface area contributed by atoms with Crippen molar-refractivity contribution in [1.82, 2.24) is 0 Å². The normalized spacial score (nSPS) is 22.0.